The van der Waals surface area contributed by atoms with Gasteiger partial charge in [-0.05, 0) is 30.7 Å². The van der Waals surface area contributed by atoms with E-state index in [-0.39, 0.29) is 23.0 Å². The highest BCUT2D eigenvalue weighted by Gasteiger charge is 2.19. The molecule has 0 aliphatic carbocycles. The average molecular weight is 382 g/mol. The Labute approximate surface area is 152 Å². The van der Waals surface area contributed by atoms with E-state index in [1.54, 1.807) is 0 Å². The van der Waals surface area contributed by atoms with E-state index in [1.807, 2.05) is 0 Å². The van der Waals surface area contributed by atoms with Crippen LogP contribution in [0.1, 0.15) is 21.7 Å². The third-order valence-corrected chi connectivity index (χ3v) is 3.42. The van der Waals surface area contributed by atoms with Gasteiger partial charge in [0.2, 0.25) is 5.75 Å². The van der Waals surface area contributed by atoms with Crippen molar-refractivity contribution in [2.45, 2.75) is 13.5 Å². The lowest BCUT2D eigenvalue weighted by Crippen LogP contribution is -2.12. The van der Waals surface area contributed by atoms with Crippen LogP contribution < -0.4 is 19.8 Å². The minimum Gasteiger partial charge on any atom is -0.507 e. The SMILES string of the molecule is COc1cc(/C=C/C(=O)c2c(O)cc(C)oc2=O)cc(OC)c1OC(F)F. The molecule has 0 saturated carbocycles. The Balaban J connectivity index is 2.39. The van der Waals surface area contributed by atoms with E-state index >= 15 is 0 Å². The van der Waals surface area contributed by atoms with Crippen LogP contribution in [0.3, 0.4) is 0 Å². The summed E-state index contributed by atoms with van der Waals surface area (Å²) in [7, 11) is 2.50. The van der Waals surface area contributed by atoms with Gasteiger partial charge in [-0.15, -0.1) is 0 Å². The van der Waals surface area contributed by atoms with Crippen molar-refractivity contribution in [2.75, 3.05) is 14.2 Å². The average Bonchev–Trinajstić information content (AvgIpc) is 2.59. The third-order valence-electron chi connectivity index (χ3n) is 3.42. The Kier molecular flexibility index (Phi) is 6.17. The third kappa shape index (κ3) is 4.63. The van der Waals surface area contributed by atoms with Crippen LogP contribution in [-0.4, -0.2) is 31.7 Å². The molecule has 0 bridgehead atoms. The lowest BCUT2D eigenvalue weighted by Gasteiger charge is -2.14. The number of aryl methyl sites for hydroxylation is 1. The van der Waals surface area contributed by atoms with Crippen LogP contribution in [0, 0.1) is 6.92 Å². The number of benzene rings is 1. The molecule has 1 heterocycles. The van der Waals surface area contributed by atoms with Crippen LogP contribution in [0.2, 0.25) is 0 Å². The van der Waals surface area contributed by atoms with Gasteiger partial charge in [0.1, 0.15) is 17.1 Å². The van der Waals surface area contributed by atoms with Crippen LogP contribution in [-0.2, 0) is 0 Å². The first kappa shape index (κ1) is 20.0. The van der Waals surface area contributed by atoms with Crippen molar-refractivity contribution in [2.24, 2.45) is 0 Å². The molecule has 0 aliphatic rings. The van der Waals surface area contributed by atoms with Gasteiger partial charge in [0.25, 0.3) is 0 Å². The Bertz CT molecular complexity index is 907. The van der Waals surface area contributed by atoms with Gasteiger partial charge in [-0.3, -0.25) is 4.79 Å². The number of hydrogen-bond acceptors (Lipinski definition) is 7. The van der Waals surface area contributed by atoms with Crippen molar-refractivity contribution in [3.8, 4) is 23.0 Å². The summed E-state index contributed by atoms with van der Waals surface area (Å²) in [5.74, 6) is -1.53. The zero-order valence-corrected chi connectivity index (χ0v) is 14.6. The molecular weight excluding hydrogens is 366 g/mol. The van der Waals surface area contributed by atoms with Crippen LogP contribution in [0.4, 0.5) is 8.78 Å². The number of carbonyl (C=O) groups is 1. The summed E-state index contributed by atoms with van der Waals surface area (Å²) >= 11 is 0. The number of aromatic hydroxyl groups is 1. The maximum atomic E-state index is 12.5. The molecule has 0 fully saturated rings. The molecule has 2 rings (SSSR count). The fourth-order valence-corrected chi connectivity index (χ4v) is 2.28. The molecule has 9 heteroatoms. The Morgan fingerprint density at radius 1 is 1.19 bits per heavy atom. The normalized spacial score (nSPS) is 11.0. The Hall–Kier alpha value is -3.36. The number of rotatable bonds is 7. The Morgan fingerprint density at radius 3 is 2.26 bits per heavy atom. The number of ether oxygens (including phenoxy) is 3. The molecule has 1 N–H and O–H groups in total. The van der Waals surface area contributed by atoms with E-state index in [9.17, 15) is 23.5 Å². The maximum Gasteiger partial charge on any atom is 0.387 e. The summed E-state index contributed by atoms with van der Waals surface area (Å²) in [4.78, 5) is 24.0. The summed E-state index contributed by atoms with van der Waals surface area (Å²) in [6.45, 7) is -1.63. The minimum absolute atomic E-state index is 0.0422. The molecule has 0 unspecified atom stereocenters. The zero-order chi connectivity index (χ0) is 20.1. The van der Waals surface area contributed by atoms with Crippen LogP contribution >= 0.6 is 0 Å². The van der Waals surface area contributed by atoms with E-state index in [1.165, 1.54) is 39.4 Å². The van der Waals surface area contributed by atoms with Gasteiger partial charge in [0, 0.05) is 6.07 Å². The monoisotopic (exact) mass is 382 g/mol. The van der Waals surface area contributed by atoms with E-state index in [0.717, 1.165) is 12.1 Å². The van der Waals surface area contributed by atoms with Crippen LogP contribution in [0.15, 0.2) is 33.5 Å². The smallest absolute Gasteiger partial charge is 0.387 e. The van der Waals surface area contributed by atoms with E-state index in [4.69, 9.17) is 13.9 Å². The molecule has 0 spiro atoms. The number of ketones is 1. The summed E-state index contributed by atoms with van der Waals surface area (Å²) in [6.07, 6.45) is 2.31. The predicted octanol–water partition coefficient (Wildman–Crippen LogP) is 3.17. The van der Waals surface area contributed by atoms with Gasteiger partial charge >= 0.3 is 12.2 Å². The first-order valence-corrected chi connectivity index (χ1v) is 7.53. The van der Waals surface area contributed by atoms with Crippen molar-refractivity contribution in [3.05, 3.63) is 51.6 Å². The molecule has 1 aromatic heterocycles. The summed E-state index contributed by atoms with van der Waals surface area (Å²) in [5.41, 5.74) is -1.15. The molecule has 0 amide bonds. The Morgan fingerprint density at radius 2 is 1.78 bits per heavy atom. The first-order valence-electron chi connectivity index (χ1n) is 7.53. The standard InChI is InChI=1S/C18H16F2O7/c1-9-6-12(22)15(17(23)26-9)11(21)5-4-10-7-13(24-2)16(27-18(19)20)14(8-10)25-3/h4-8,18,22H,1-3H3/b5-4+. The van der Waals surface area contributed by atoms with E-state index < -0.39 is 29.3 Å². The molecule has 7 nitrogen and oxygen atoms in total. The molecule has 1 aromatic carbocycles. The highest BCUT2D eigenvalue weighted by Crippen LogP contribution is 2.39. The molecule has 0 atom stereocenters. The zero-order valence-electron chi connectivity index (χ0n) is 14.6. The second-order valence-electron chi connectivity index (χ2n) is 5.24. The summed E-state index contributed by atoms with van der Waals surface area (Å²) in [6, 6.07) is 3.81. The van der Waals surface area contributed by atoms with Crippen LogP contribution in [0.25, 0.3) is 6.08 Å². The van der Waals surface area contributed by atoms with Crippen molar-refractivity contribution < 1.29 is 37.3 Å². The quantitative estimate of drug-likeness (QED) is 0.580. The van der Waals surface area contributed by atoms with Gasteiger partial charge in [0.05, 0.1) is 14.2 Å². The van der Waals surface area contributed by atoms with Gasteiger partial charge in [-0.2, -0.15) is 8.78 Å². The van der Waals surface area contributed by atoms with Gasteiger partial charge < -0.3 is 23.7 Å². The largest absolute Gasteiger partial charge is 0.507 e. The number of carbonyl (C=O) groups excluding carboxylic acids is 1. The van der Waals surface area contributed by atoms with E-state index in [0.29, 0.717) is 5.56 Å². The molecule has 2 aromatic rings. The second kappa shape index (κ2) is 8.35. The van der Waals surface area contributed by atoms with E-state index in [2.05, 4.69) is 4.74 Å². The lowest BCUT2D eigenvalue weighted by atomic mass is 10.1. The minimum atomic E-state index is -3.08. The van der Waals surface area contributed by atoms with Crippen LogP contribution in [0.5, 0.6) is 23.0 Å². The molecule has 0 saturated heterocycles. The lowest BCUT2D eigenvalue weighted by molar-refractivity contribution is -0.0526. The highest BCUT2D eigenvalue weighted by molar-refractivity contribution is 6.08. The number of halogens is 2. The number of alkyl halides is 2. The summed E-state index contributed by atoms with van der Waals surface area (Å²) in [5, 5.41) is 9.78. The molecule has 27 heavy (non-hydrogen) atoms. The highest BCUT2D eigenvalue weighted by atomic mass is 19.3. The van der Waals surface area contributed by atoms with Crippen molar-refractivity contribution in [1.29, 1.82) is 0 Å². The molecule has 0 aliphatic heterocycles. The first-order chi connectivity index (χ1) is 12.8. The predicted molar refractivity (Wildman–Crippen MR) is 90.9 cm³/mol. The fourth-order valence-electron chi connectivity index (χ4n) is 2.28. The van der Waals surface area contributed by atoms with Crippen molar-refractivity contribution in [1.82, 2.24) is 0 Å². The number of allylic oxidation sites excluding steroid dienone is 1. The van der Waals surface area contributed by atoms with Gasteiger partial charge in [-0.1, -0.05) is 6.08 Å². The van der Waals surface area contributed by atoms with Gasteiger partial charge in [-0.25, -0.2) is 4.79 Å². The number of methoxy groups -OCH3 is 2. The molecule has 144 valence electrons. The molecule has 0 radical (unpaired) electrons. The van der Waals surface area contributed by atoms with Crippen molar-refractivity contribution in [3.63, 3.8) is 0 Å². The summed E-state index contributed by atoms with van der Waals surface area (Å²) < 4.78 is 44.3. The van der Waals surface area contributed by atoms with Crippen molar-refractivity contribution >= 4 is 11.9 Å². The maximum absolute atomic E-state index is 12.5. The van der Waals surface area contributed by atoms with Gasteiger partial charge in [0.15, 0.2) is 17.3 Å². The number of hydrogen-bond donors (Lipinski definition) is 1. The molecular formula is C18H16F2O7. The topological polar surface area (TPSA) is 95.2 Å². The fraction of sp³-hybridized carbons (Fsp3) is 0.222. The second-order valence-corrected chi connectivity index (χ2v) is 5.24.